The van der Waals surface area contributed by atoms with E-state index in [1.165, 1.54) is 10.9 Å². The van der Waals surface area contributed by atoms with Gasteiger partial charge in [0, 0.05) is 55.1 Å². The number of fused-ring (bicyclic) bond motifs is 2. The number of nitrogens with zero attached hydrogens (tertiary/aromatic N) is 2. The maximum absolute atomic E-state index is 13.1. The Morgan fingerprint density at radius 3 is 2.53 bits per heavy atom. The Kier molecular flexibility index (Phi) is 6.81. The van der Waals surface area contributed by atoms with Crippen molar-refractivity contribution in [1.29, 1.82) is 0 Å². The second-order valence-electron chi connectivity index (χ2n) is 8.96. The maximum atomic E-state index is 13.1. The minimum atomic E-state index is 0.134. The minimum absolute atomic E-state index is 0.134. The number of morpholine rings is 1. The minimum Gasteiger partial charge on any atom is -0.491 e. The van der Waals surface area contributed by atoms with Gasteiger partial charge >= 0.3 is 0 Å². The van der Waals surface area contributed by atoms with Crippen molar-refractivity contribution >= 4 is 22.7 Å². The van der Waals surface area contributed by atoms with Gasteiger partial charge in [-0.1, -0.05) is 30.3 Å². The predicted octanol–water partition coefficient (Wildman–Crippen LogP) is 3.31. The summed E-state index contributed by atoms with van der Waals surface area (Å²) in [6.07, 6.45) is 4.33. The van der Waals surface area contributed by atoms with Gasteiger partial charge in [0.05, 0.1) is 19.8 Å². The van der Waals surface area contributed by atoms with Crippen LogP contribution < -0.4 is 4.74 Å². The van der Waals surface area contributed by atoms with E-state index in [-0.39, 0.29) is 11.8 Å². The van der Waals surface area contributed by atoms with Crippen LogP contribution in [0.5, 0.6) is 5.75 Å². The van der Waals surface area contributed by atoms with Crippen molar-refractivity contribution in [3.63, 3.8) is 0 Å². The normalized spacial score (nSPS) is 16.1. The molecule has 7 heteroatoms. The Morgan fingerprint density at radius 1 is 0.882 bits per heavy atom. The summed E-state index contributed by atoms with van der Waals surface area (Å²) in [6, 6.07) is 14.3. The second kappa shape index (κ2) is 10.3. The van der Waals surface area contributed by atoms with Gasteiger partial charge in [-0.3, -0.25) is 9.59 Å². The van der Waals surface area contributed by atoms with Crippen LogP contribution in [0.15, 0.2) is 48.7 Å². The van der Waals surface area contributed by atoms with Crippen LogP contribution in [0.4, 0.5) is 0 Å². The summed E-state index contributed by atoms with van der Waals surface area (Å²) >= 11 is 0. The zero-order chi connectivity index (χ0) is 23.3. The first-order valence-corrected chi connectivity index (χ1v) is 12.1. The van der Waals surface area contributed by atoms with Crippen molar-refractivity contribution in [2.45, 2.75) is 32.2 Å². The van der Waals surface area contributed by atoms with Gasteiger partial charge in [-0.15, -0.1) is 0 Å². The van der Waals surface area contributed by atoms with Gasteiger partial charge in [-0.2, -0.15) is 0 Å². The molecule has 0 radical (unpaired) electrons. The zero-order valence-corrected chi connectivity index (χ0v) is 19.4. The van der Waals surface area contributed by atoms with Crippen LogP contribution in [-0.4, -0.2) is 66.1 Å². The van der Waals surface area contributed by atoms with Gasteiger partial charge in [0.2, 0.25) is 11.8 Å². The van der Waals surface area contributed by atoms with Gasteiger partial charge in [0.1, 0.15) is 12.4 Å². The highest BCUT2D eigenvalue weighted by Crippen LogP contribution is 2.26. The molecule has 2 aliphatic heterocycles. The molecule has 0 atom stereocenters. The van der Waals surface area contributed by atoms with Crippen LogP contribution in [0.2, 0.25) is 0 Å². The number of para-hydroxylation sites is 1. The number of carbonyl (C=O) groups excluding carboxylic acids is 2. The predicted molar refractivity (Wildman–Crippen MR) is 130 cm³/mol. The lowest BCUT2D eigenvalue weighted by Crippen LogP contribution is -2.40. The van der Waals surface area contributed by atoms with Crippen molar-refractivity contribution in [3.05, 3.63) is 65.4 Å². The third-order valence-corrected chi connectivity index (χ3v) is 6.73. The second-order valence-corrected chi connectivity index (χ2v) is 8.96. The fourth-order valence-electron chi connectivity index (χ4n) is 4.78. The summed E-state index contributed by atoms with van der Waals surface area (Å²) in [5.74, 6) is 1.13. The van der Waals surface area contributed by atoms with E-state index >= 15 is 0 Å². The molecule has 1 saturated heterocycles. The van der Waals surface area contributed by atoms with Crippen LogP contribution in [0.1, 0.15) is 29.5 Å². The van der Waals surface area contributed by atoms with Gasteiger partial charge < -0.3 is 24.3 Å². The number of rotatable bonds is 6. The number of nitrogens with one attached hydrogen (secondary N) is 1. The number of hydrogen-bond donors (Lipinski definition) is 1. The smallest absolute Gasteiger partial charge is 0.223 e. The van der Waals surface area contributed by atoms with E-state index in [9.17, 15) is 9.59 Å². The number of carbonyl (C=O) groups is 2. The molecule has 0 spiro atoms. The molecule has 0 aliphatic carbocycles. The Hall–Kier alpha value is -3.32. The third-order valence-electron chi connectivity index (χ3n) is 6.73. The summed E-state index contributed by atoms with van der Waals surface area (Å²) < 4.78 is 11.3. The molecule has 1 fully saturated rings. The Bertz CT molecular complexity index is 1170. The maximum Gasteiger partial charge on any atom is 0.223 e. The van der Waals surface area contributed by atoms with Crippen molar-refractivity contribution < 1.29 is 19.1 Å². The fraction of sp³-hybridized carbons (Fsp3) is 0.407. The number of benzene rings is 2. The molecule has 2 amide bonds. The molecule has 2 aliphatic rings. The quantitative estimate of drug-likeness (QED) is 0.611. The summed E-state index contributed by atoms with van der Waals surface area (Å²) in [5.41, 5.74) is 4.37. The highest BCUT2D eigenvalue weighted by atomic mass is 16.5. The SMILES string of the molecule is O=C(CCc1ccc2c(c1)CN(C(=O)CCc1c[nH]c3ccccc13)CCO2)N1CCOCC1. The molecule has 3 aromatic rings. The van der Waals surface area contributed by atoms with Gasteiger partial charge in [0.15, 0.2) is 0 Å². The van der Waals surface area contributed by atoms with Crippen LogP contribution in [0.25, 0.3) is 10.9 Å². The first kappa shape index (κ1) is 22.5. The number of aromatic amines is 1. The summed E-state index contributed by atoms with van der Waals surface area (Å²) in [4.78, 5) is 32.6. The van der Waals surface area contributed by atoms with E-state index in [0.29, 0.717) is 71.7 Å². The Labute approximate surface area is 199 Å². The lowest BCUT2D eigenvalue weighted by Gasteiger charge is -2.26. The van der Waals surface area contributed by atoms with Crippen LogP contribution in [-0.2, 0) is 33.7 Å². The monoisotopic (exact) mass is 461 g/mol. The van der Waals surface area contributed by atoms with E-state index in [4.69, 9.17) is 9.47 Å². The largest absolute Gasteiger partial charge is 0.491 e. The molecule has 0 unspecified atom stereocenters. The number of hydrogen-bond acceptors (Lipinski definition) is 4. The summed E-state index contributed by atoms with van der Waals surface area (Å²) in [5, 5.41) is 1.18. The van der Waals surface area contributed by atoms with E-state index in [0.717, 1.165) is 22.4 Å². The lowest BCUT2D eigenvalue weighted by molar-refractivity contribution is -0.135. The van der Waals surface area contributed by atoms with Crippen molar-refractivity contribution in [2.24, 2.45) is 0 Å². The average Bonchev–Trinajstić information content (AvgIpc) is 3.17. The standard InChI is InChI=1S/C27H31N3O4/c31-26(29-11-14-33-15-12-29)9-6-20-5-8-25-22(17-20)19-30(13-16-34-25)27(32)10-7-21-18-28-24-4-2-1-3-23(21)24/h1-5,8,17-18,28H,6-7,9-16,19H2. The highest BCUT2D eigenvalue weighted by Gasteiger charge is 2.21. The topological polar surface area (TPSA) is 74.9 Å². The van der Waals surface area contributed by atoms with E-state index in [2.05, 4.69) is 23.2 Å². The van der Waals surface area contributed by atoms with E-state index in [1.807, 2.05) is 40.3 Å². The molecule has 2 aromatic carbocycles. The van der Waals surface area contributed by atoms with Gasteiger partial charge in [-0.25, -0.2) is 0 Å². The number of H-pyrrole nitrogens is 1. The first-order chi connectivity index (χ1) is 16.7. The van der Waals surface area contributed by atoms with Gasteiger partial charge in [0.25, 0.3) is 0 Å². The lowest BCUT2D eigenvalue weighted by atomic mass is 10.0. The average molecular weight is 462 g/mol. The van der Waals surface area contributed by atoms with Crippen molar-refractivity contribution in [3.8, 4) is 5.75 Å². The van der Waals surface area contributed by atoms with Crippen LogP contribution in [0.3, 0.4) is 0 Å². The molecule has 1 aromatic heterocycles. The molecule has 7 nitrogen and oxygen atoms in total. The fourth-order valence-corrected chi connectivity index (χ4v) is 4.78. The molecule has 0 saturated carbocycles. The third kappa shape index (κ3) is 5.09. The number of amides is 2. The summed E-state index contributed by atoms with van der Waals surface area (Å²) in [6.45, 7) is 4.18. The molecule has 1 N–H and O–H groups in total. The molecule has 34 heavy (non-hydrogen) atoms. The Balaban J connectivity index is 1.20. The van der Waals surface area contributed by atoms with E-state index < -0.39 is 0 Å². The van der Waals surface area contributed by atoms with Crippen molar-refractivity contribution in [2.75, 3.05) is 39.5 Å². The van der Waals surface area contributed by atoms with Crippen LogP contribution >= 0.6 is 0 Å². The van der Waals surface area contributed by atoms with Gasteiger partial charge in [-0.05, 0) is 36.1 Å². The molecule has 3 heterocycles. The van der Waals surface area contributed by atoms with Crippen molar-refractivity contribution in [1.82, 2.24) is 14.8 Å². The van der Waals surface area contributed by atoms with E-state index in [1.54, 1.807) is 0 Å². The van der Waals surface area contributed by atoms with Crippen LogP contribution in [0, 0.1) is 0 Å². The molecular formula is C27H31N3O4. The molecule has 178 valence electrons. The summed E-state index contributed by atoms with van der Waals surface area (Å²) in [7, 11) is 0. The first-order valence-electron chi connectivity index (χ1n) is 12.1. The number of aromatic nitrogens is 1. The molecule has 5 rings (SSSR count). The highest BCUT2D eigenvalue weighted by molar-refractivity contribution is 5.84. The molecular weight excluding hydrogens is 430 g/mol. The molecule has 0 bridgehead atoms. The number of ether oxygens (including phenoxy) is 2. The Morgan fingerprint density at radius 2 is 1.65 bits per heavy atom. The zero-order valence-electron chi connectivity index (χ0n) is 19.4. The number of aryl methyl sites for hydroxylation is 2.